The van der Waals surface area contributed by atoms with E-state index in [-0.39, 0.29) is 17.0 Å². The van der Waals surface area contributed by atoms with Gasteiger partial charge in [-0.15, -0.1) is 11.6 Å². The third kappa shape index (κ3) is 12.9. The van der Waals surface area contributed by atoms with Crippen LogP contribution in [0, 0.1) is 0 Å². The fourth-order valence-corrected chi connectivity index (χ4v) is 3.26. The van der Waals surface area contributed by atoms with E-state index in [1.165, 1.54) is 94.9 Å². The van der Waals surface area contributed by atoms with Gasteiger partial charge in [0.15, 0.2) is 0 Å². The molecule has 3 heteroatoms. The van der Waals surface area contributed by atoms with E-state index in [2.05, 4.69) is 20.8 Å². The Kier molecular flexibility index (Phi) is 19.5. The number of unbranched alkanes of at least 4 members (excludes halogenated alkanes) is 6. The number of nitrogens with zero attached hydrogens (tertiary/aromatic N) is 1. The van der Waals surface area contributed by atoms with Gasteiger partial charge in [-0.25, -0.2) is 0 Å². The Morgan fingerprint density at radius 1 is 0.571 bits per heavy atom. The lowest BCUT2D eigenvalue weighted by Gasteiger charge is -2.39. The van der Waals surface area contributed by atoms with Gasteiger partial charge in [-0.1, -0.05) is 46.5 Å². The predicted molar refractivity (Wildman–Crippen MR) is 93.6 cm³/mol. The van der Waals surface area contributed by atoms with Gasteiger partial charge in [-0.3, -0.25) is 0 Å². The van der Waals surface area contributed by atoms with Gasteiger partial charge in [-0.2, -0.15) is 0 Å². The van der Waals surface area contributed by atoms with Crippen molar-refractivity contribution in [3.8, 4) is 0 Å². The van der Waals surface area contributed by atoms with Crippen LogP contribution in [0.1, 0.15) is 85.0 Å². The van der Waals surface area contributed by atoms with Gasteiger partial charge in [0, 0.05) is 5.88 Å². The lowest BCUT2D eigenvalue weighted by atomic mass is 10.1. The first-order chi connectivity index (χ1) is 9.74. The van der Waals surface area contributed by atoms with Gasteiger partial charge in [-0.05, 0) is 38.5 Å². The monoisotopic (exact) mass is 383 g/mol. The van der Waals surface area contributed by atoms with Crippen LogP contribution in [0.25, 0.3) is 0 Å². The van der Waals surface area contributed by atoms with Crippen LogP contribution in [0.2, 0.25) is 0 Å². The molecule has 0 saturated carbocycles. The molecule has 0 unspecified atom stereocenters. The third-order valence-corrected chi connectivity index (χ3v) is 4.74. The number of alkyl halides is 1. The maximum atomic E-state index is 5.88. The van der Waals surface area contributed by atoms with E-state index in [1.54, 1.807) is 0 Å². The SMILES string of the molecule is CCCCCC[N+](CCCC)(CCCC)CCCCCl.[Br-]. The third-order valence-electron chi connectivity index (χ3n) is 4.47. The summed E-state index contributed by atoms with van der Waals surface area (Å²) in [6, 6.07) is 0. The van der Waals surface area contributed by atoms with Crippen molar-refractivity contribution in [2.75, 3.05) is 32.1 Å². The number of halogens is 2. The largest absolute Gasteiger partial charge is 1.00 e. The summed E-state index contributed by atoms with van der Waals surface area (Å²) in [5.41, 5.74) is 0. The van der Waals surface area contributed by atoms with Crippen molar-refractivity contribution in [3.05, 3.63) is 0 Å². The molecule has 0 heterocycles. The van der Waals surface area contributed by atoms with Crippen LogP contribution in [0.15, 0.2) is 0 Å². The fraction of sp³-hybridized carbons (Fsp3) is 1.00. The minimum atomic E-state index is 0. The molecule has 21 heavy (non-hydrogen) atoms. The van der Waals surface area contributed by atoms with Crippen LogP contribution in [-0.4, -0.2) is 36.5 Å². The molecule has 0 radical (unpaired) electrons. The van der Waals surface area contributed by atoms with Crippen LogP contribution in [0.4, 0.5) is 0 Å². The van der Waals surface area contributed by atoms with Crippen LogP contribution in [-0.2, 0) is 0 Å². The predicted octanol–water partition coefficient (Wildman–Crippen LogP) is 3.01. The second-order valence-electron chi connectivity index (χ2n) is 6.40. The lowest BCUT2D eigenvalue weighted by Crippen LogP contribution is -3.00. The molecule has 0 aliphatic heterocycles. The second kappa shape index (κ2) is 17.1. The highest BCUT2D eigenvalue weighted by molar-refractivity contribution is 6.17. The quantitative estimate of drug-likeness (QED) is 0.231. The summed E-state index contributed by atoms with van der Waals surface area (Å²) in [5.74, 6) is 0.831. The molecule has 0 fully saturated rings. The lowest BCUT2D eigenvalue weighted by molar-refractivity contribution is -0.929. The molecule has 0 amide bonds. The van der Waals surface area contributed by atoms with Gasteiger partial charge in [0.2, 0.25) is 0 Å². The highest BCUT2D eigenvalue weighted by Crippen LogP contribution is 2.17. The van der Waals surface area contributed by atoms with Crippen molar-refractivity contribution in [2.45, 2.75) is 85.0 Å². The Hall–Kier alpha value is 0.730. The summed E-state index contributed by atoms with van der Waals surface area (Å²) < 4.78 is 1.38. The van der Waals surface area contributed by atoms with Gasteiger partial charge in [0.05, 0.1) is 26.2 Å². The first-order valence-corrected chi connectivity index (χ1v) is 9.69. The van der Waals surface area contributed by atoms with Gasteiger partial charge < -0.3 is 21.5 Å². The van der Waals surface area contributed by atoms with E-state index < -0.39 is 0 Å². The molecule has 0 aliphatic rings. The summed E-state index contributed by atoms with van der Waals surface area (Å²) in [4.78, 5) is 0. The average molecular weight is 385 g/mol. The van der Waals surface area contributed by atoms with Crippen LogP contribution >= 0.6 is 11.6 Å². The summed E-state index contributed by atoms with van der Waals surface area (Å²) >= 11 is 5.88. The zero-order chi connectivity index (χ0) is 15.1. The molecule has 0 rings (SSSR count). The molecule has 0 bridgehead atoms. The standard InChI is InChI=1S/C18H39ClN.BrH/c1-4-7-10-12-17-20(15-8-5-2,16-9-6-3)18-13-11-14-19;/h4-18H2,1-3H3;1H/q+1;/p-1. The van der Waals surface area contributed by atoms with E-state index in [0.717, 1.165) is 5.88 Å². The van der Waals surface area contributed by atoms with Crippen LogP contribution in [0.5, 0.6) is 0 Å². The molecule has 1 nitrogen and oxygen atoms in total. The second-order valence-corrected chi connectivity index (χ2v) is 6.78. The molecule has 130 valence electrons. The Labute approximate surface area is 150 Å². The Bertz CT molecular complexity index is 192. The van der Waals surface area contributed by atoms with Crippen LogP contribution in [0.3, 0.4) is 0 Å². The minimum Gasteiger partial charge on any atom is -1.00 e. The number of rotatable bonds is 15. The summed E-state index contributed by atoms with van der Waals surface area (Å²) in [5, 5.41) is 0. The number of quaternary nitrogens is 1. The highest BCUT2D eigenvalue weighted by atomic mass is 79.9. The molecule has 0 aromatic rings. The van der Waals surface area contributed by atoms with Gasteiger partial charge in [0.1, 0.15) is 0 Å². The zero-order valence-corrected chi connectivity index (χ0v) is 17.2. The van der Waals surface area contributed by atoms with Crippen molar-refractivity contribution in [3.63, 3.8) is 0 Å². The smallest absolute Gasteiger partial charge is 0.0787 e. The van der Waals surface area contributed by atoms with Gasteiger partial charge in [0.25, 0.3) is 0 Å². The van der Waals surface area contributed by atoms with Crippen LogP contribution < -0.4 is 17.0 Å². The molecule has 0 atom stereocenters. The number of hydrogen-bond donors (Lipinski definition) is 0. The topological polar surface area (TPSA) is 0 Å². The molecule has 0 spiro atoms. The van der Waals surface area contributed by atoms with E-state index in [9.17, 15) is 0 Å². The summed E-state index contributed by atoms with van der Waals surface area (Å²) in [6.45, 7) is 12.5. The first-order valence-electron chi connectivity index (χ1n) is 9.15. The summed E-state index contributed by atoms with van der Waals surface area (Å²) in [6.07, 6.45) is 13.5. The average Bonchev–Trinajstić information content (AvgIpc) is 2.47. The van der Waals surface area contributed by atoms with E-state index in [0.29, 0.717) is 0 Å². The molecule has 0 aromatic heterocycles. The minimum absolute atomic E-state index is 0. The molecule has 0 aromatic carbocycles. The Morgan fingerprint density at radius 3 is 1.43 bits per heavy atom. The highest BCUT2D eigenvalue weighted by Gasteiger charge is 2.25. The summed E-state index contributed by atoms with van der Waals surface area (Å²) in [7, 11) is 0. The van der Waals surface area contributed by atoms with Crippen molar-refractivity contribution >= 4 is 11.6 Å². The van der Waals surface area contributed by atoms with E-state index in [4.69, 9.17) is 11.6 Å². The maximum Gasteiger partial charge on any atom is 0.0787 e. The zero-order valence-electron chi connectivity index (χ0n) is 14.8. The molecule has 0 saturated heterocycles. The first kappa shape index (κ1) is 24.0. The van der Waals surface area contributed by atoms with E-state index in [1.807, 2.05) is 0 Å². The number of hydrogen-bond acceptors (Lipinski definition) is 0. The molecular formula is C18H39BrClN. The molecule has 0 N–H and O–H groups in total. The van der Waals surface area contributed by atoms with E-state index >= 15 is 0 Å². The van der Waals surface area contributed by atoms with Crippen molar-refractivity contribution in [1.82, 2.24) is 0 Å². The van der Waals surface area contributed by atoms with Crippen molar-refractivity contribution < 1.29 is 21.5 Å². The Morgan fingerprint density at radius 2 is 1.00 bits per heavy atom. The molecule has 0 aliphatic carbocycles. The van der Waals surface area contributed by atoms with Crippen molar-refractivity contribution in [1.29, 1.82) is 0 Å². The van der Waals surface area contributed by atoms with Gasteiger partial charge >= 0.3 is 0 Å². The van der Waals surface area contributed by atoms with Crippen molar-refractivity contribution in [2.24, 2.45) is 0 Å². The fourth-order valence-electron chi connectivity index (χ4n) is 3.07. The molecular weight excluding hydrogens is 346 g/mol. The Balaban J connectivity index is 0. The normalized spacial score (nSPS) is 11.4. The maximum absolute atomic E-state index is 5.88.